The van der Waals surface area contributed by atoms with Crippen LogP contribution in [0.1, 0.15) is 17.3 Å². The third-order valence-corrected chi connectivity index (χ3v) is 2.94. The molecule has 96 valence electrons. The Morgan fingerprint density at radius 3 is 2.74 bits per heavy atom. The minimum atomic E-state index is -0.465. The summed E-state index contributed by atoms with van der Waals surface area (Å²) in [5.41, 5.74) is 1.35. The summed E-state index contributed by atoms with van der Waals surface area (Å²) in [7, 11) is 1.61. The van der Waals surface area contributed by atoms with Crippen molar-refractivity contribution in [3.63, 3.8) is 0 Å². The Bertz CT molecular complexity index is 612. The van der Waals surface area contributed by atoms with Crippen molar-refractivity contribution < 1.29 is 4.79 Å². The lowest BCUT2D eigenvalue weighted by Crippen LogP contribution is -2.33. The van der Waals surface area contributed by atoms with Gasteiger partial charge in [0, 0.05) is 13.2 Å². The van der Waals surface area contributed by atoms with E-state index in [-0.39, 0.29) is 5.91 Å². The van der Waals surface area contributed by atoms with Crippen LogP contribution in [0.2, 0.25) is 0 Å². The van der Waals surface area contributed by atoms with Crippen molar-refractivity contribution in [2.75, 3.05) is 7.05 Å². The standard InChI is InChI=1S/C14H14N4O/c1-11(8-15)17(2)14(19)12-9-16-18(10-12)13-6-4-3-5-7-13/h3-7,9-11H,1-2H3. The molecule has 5 nitrogen and oxygen atoms in total. The molecule has 1 atom stereocenters. The SMILES string of the molecule is CC(C#N)N(C)C(=O)c1cnn(-c2ccccc2)c1. The number of hydrogen-bond donors (Lipinski definition) is 0. The smallest absolute Gasteiger partial charge is 0.257 e. The fraction of sp³-hybridized carbons (Fsp3) is 0.214. The van der Waals surface area contributed by atoms with E-state index in [2.05, 4.69) is 5.10 Å². The second kappa shape index (κ2) is 5.36. The third-order valence-electron chi connectivity index (χ3n) is 2.94. The summed E-state index contributed by atoms with van der Waals surface area (Å²) in [5, 5.41) is 13.0. The van der Waals surface area contributed by atoms with Crippen LogP contribution in [0.15, 0.2) is 42.7 Å². The lowest BCUT2D eigenvalue weighted by Gasteiger charge is -2.18. The van der Waals surface area contributed by atoms with Crippen molar-refractivity contribution in [3.05, 3.63) is 48.3 Å². The maximum absolute atomic E-state index is 12.1. The van der Waals surface area contributed by atoms with Gasteiger partial charge in [-0.25, -0.2) is 4.68 Å². The van der Waals surface area contributed by atoms with Crippen LogP contribution < -0.4 is 0 Å². The van der Waals surface area contributed by atoms with Gasteiger partial charge in [0.05, 0.1) is 23.5 Å². The molecule has 5 heteroatoms. The first-order valence-corrected chi connectivity index (χ1v) is 5.90. The Balaban J connectivity index is 2.23. The summed E-state index contributed by atoms with van der Waals surface area (Å²) in [5.74, 6) is -0.212. The molecular weight excluding hydrogens is 240 g/mol. The summed E-state index contributed by atoms with van der Waals surface area (Å²) in [6, 6.07) is 11.1. The van der Waals surface area contributed by atoms with Crippen LogP contribution in [-0.4, -0.2) is 33.7 Å². The van der Waals surface area contributed by atoms with E-state index in [1.807, 2.05) is 36.4 Å². The summed E-state index contributed by atoms with van der Waals surface area (Å²) < 4.78 is 1.64. The number of aromatic nitrogens is 2. The van der Waals surface area contributed by atoms with Crippen LogP contribution >= 0.6 is 0 Å². The van der Waals surface area contributed by atoms with Crippen LogP contribution in [-0.2, 0) is 0 Å². The van der Waals surface area contributed by atoms with Crippen molar-refractivity contribution in [2.45, 2.75) is 13.0 Å². The molecule has 2 rings (SSSR count). The number of para-hydroxylation sites is 1. The van der Waals surface area contributed by atoms with Gasteiger partial charge < -0.3 is 4.90 Å². The molecule has 0 fully saturated rings. The predicted molar refractivity (Wildman–Crippen MR) is 70.7 cm³/mol. The highest BCUT2D eigenvalue weighted by molar-refractivity contribution is 5.94. The predicted octanol–water partition coefficient (Wildman–Crippen LogP) is 1.86. The Labute approximate surface area is 111 Å². The first kappa shape index (κ1) is 12.8. The molecule has 1 aromatic heterocycles. The van der Waals surface area contributed by atoms with Crippen molar-refractivity contribution >= 4 is 5.91 Å². The van der Waals surface area contributed by atoms with Crippen molar-refractivity contribution in [1.82, 2.24) is 14.7 Å². The van der Waals surface area contributed by atoms with Gasteiger partial charge in [0.25, 0.3) is 5.91 Å². The molecule has 0 radical (unpaired) electrons. The van der Waals surface area contributed by atoms with Gasteiger partial charge >= 0.3 is 0 Å². The largest absolute Gasteiger partial charge is 0.326 e. The Kier molecular flexibility index (Phi) is 3.62. The topological polar surface area (TPSA) is 61.9 Å². The van der Waals surface area contributed by atoms with Crippen LogP contribution in [0.3, 0.4) is 0 Å². The first-order chi connectivity index (χ1) is 9.13. The van der Waals surface area contributed by atoms with Crippen molar-refractivity contribution in [3.8, 4) is 11.8 Å². The molecule has 1 amide bonds. The molecule has 1 aromatic carbocycles. The van der Waals surface area contributed by atoms with Crippen LogP contribution in [0.5, 0.6) is 0 Å². The maximum Gasteiger partial charge on any atom is 0.257 e. The molecule has 0 aliphatic rings. The zero-order valence-corrected chi connectivity index (χ0v) is 10.8. The van der Waals surface area contributed by atoms with Gasteiger partial charge in [-0.05, 0) is 19.1 Å². The number of carbonyl (C=O) groups excluding carboxylic acids is 1. The molecule has 0 spiro atoms. The third kappa shape index (κ3) is 2.63. The first-order valence-electron chi connectivity index (χ1n) is 5.90. The molecule has 19 heavy (non-hydrogen) atoms. The molecule has 0 N–H and O–H groups in total. The van der Waals surface area contributed by atoms with E-state index in [0.717, 1.165) is 5.69 Å². The van der Waals surface area contributed by atoms with E-state index < -0.39 is 6.04 Å². The zero-order valence-electron chi connectivity index (χ0n) is 10.8. The molecule has 2 aromatic rings. The average molecular weight is 254 g/mol. The van der Waals surface area contributed by atoms with Gasteiger partial charge in [0.1, 0.15) is 6.04 Å². The highest BCUT2D eigenvalue weighted by Gasteiger charge is 2.18. The highest BCUT2D eigenvalue weighted by Crippen LogP contribution is 2.10. The number of nitriles is 1. The van der Waals surface area contributed by atoms with Gasteiger partial charge in [-0.2, -0.15) is 10.4 Å². The van der Waals surface area contributed by atoms with E-state index in [0.29, 0.717) is 5.56 Å². The van der Waals surface area contributed by atoms with Gasteiger partial charge in [0.2, 0.25) is 0 Å². The van der Waals surface area contributed by atoms with E-state index >= 15 is 0 Å². The summed E-state index contributed by atoms with van der Waals surface area (Å²) in [4.78, 5) is 13.5. The van der Waals surface area contributed by atoms with Gasteiger partial charge in [-0.3, -0.25) is 4.79 Å². The Hall–Kier alpha value is -2.61. The van der Waals surface area contributed by atoms with Crippen LogP contribution in [0, 0.1) is 11.3 Å². The number of amides is 1. The molecule has 0 saturated carbocycles. The molecule has 0 saturated heterocycles. The lowest BCUT2D eigenvalue weighted by atomic mass is 10.2. The maximum atomic E-state index is 12.1. The molecule has 1 heterocycles. The zero-order chi connectivity index (χ0) is 13.8. The fourth-order valence-electron chi connectivity index (χ4n) is 1.62. The van der Waals surface area contributed by atoms with Crippen molar-refractivity contribution in [2.24, 2.45) is 0 Å². The molecule has 0 aliphatic heterocycles. The molecule has 0 aliphatic carbocycles. The molecule has 0 bridgehead atoms. The van der Waals surface area contributed by atoms with Gasteiger partial charge in [0.15, 0.2) is 0 Å². The van der Waals surface area contributed by atoms with E-state index in [1.54, 1.807) is 24.9 Å². The van der Waals surface area contributed by atoms with Gasteiger partial charge in [-0.1, -0.05) is 18.2 Å². The van der Waals surface area contributed by atoms with Crippen molar-refractivity contribution in [1.29, 1.82) is 5.26 Å². The Morgan fingerprint density at radius 2 is 2.11 bits per heavy atom. The minimum Gasteiger partial charge on any atom is -0.326 e. The summed E-state index contributed by atoms with van der Waals surface area (Å²) in [6.07, 6.45) is 3.17. The monoisotopic (exact) mass is 254 g/mol. The molecule has 1 unspecified atom stereocenters. The summed E-state index contributed by atoms with van der Waals surface area (Å²) >= 11 is 0. The second-order valence-corrected chi connectivity index (χ2v) is 4.23. The number of benzene rings is 1. The van der Waals surface area contributed by atoms with E-state index in [4.69, 9.17) is 5.26 Å². The molecular formula is C14H14N4O. The second-order valence-electron chi connectivity index (χ2n) is 4.23. The van der Waals surface area contributed by atoms with Crippen LogP contribution in [0.4, 0.5) is 0 Å². The lowest BCUT2D eigenvalue weighted by molar-refractivity contribution is 0.0773. The fourth-order valence-corrected chi connectivity index (χ4v) is 1.62. The number of hydrogen-bond acceptors (Lipinski definition) is 3. The normalized spacial score (nSPS) is 11.6. The average Bonchev–Trinajstić information content (AvgIpc) is 2.95. The highest BCUT2D eigenvalue weighted by atomic mass is 16.2. The van der Waals surface area contributed by atoms with Crippen LogP contribution in [0.25, 0.3) is 5.69 Å². The minimum absolute atomic E-state index is 0.212. The number of rotatable bonds is 3. The quantitative estimate of drug-likeness (QED) is 0.839. The van der Waals surface area contributed by atoms with E-state index in [9.17, 15) is 4.79 Å². The summed E-state index contributed by atoms with van der Waals surface area (Å²) in [6.45, 7) is 1.68. The van der Waals surface area contributed by atoms with Gasteiger partial charge in [-0.15, -0.1) is 0 Å². The number of nitrogens with zero attached hydrogens (tertiary/aromatic N) is 4. The number of carbonyl (C=O) groups is 1. The van der Waals surface area contributed by atoms with E-state index in [1.165, 1.54) is 11.1 Å². The Morgan fingerprint density at radius 1 is 1.42 bits per heavy atom.